The Kier molecular flexibility index (Phi) is 5.12. The Balaban J connectivity index is 1.57. The van der Waals surface area contributed by atoms with Crippen molar-refractivity contribution in [3.8, 4) is 21.1 Å². The maximum Gasteiger partial charge on any atom is 0.225 e. The van der Waals surface area contributed by atoms with Gasteiger partial charge < -0.3 is 5.32 Å². The predicted molar refractivity (Wildman–Crippen MR) is 110 cm³/mol. The van der Waals surface area contributed by atoms with E-state index in [1.54, 1.807) is 11.3 Å². The molecule has 1 aliphatic rings. The number of aromatic nitrogens is 1. The van der Waals surface area contributed by atoms with Crippen LogP contribution in [0.4, 0.5) is 0 Å². The van der Waals surface area contributed by atoms with Crippen LogP contribution < -0.4 is 5.32 Å². The van der Waals surface area contributed by atoms with Crippen molar-refractivity contribution in [2.24, 2.45) is 0 Å². The number of sulfone groups is 1. The highest BCUT2D eigenvalue weighted by atomic mass is 32.2. The van der Waals surface area contributed by atoms with Crippen LogP contribution in [0.25, 0.3) is 21.1 Å². The zero-order valence-corrected chi connectivity index (χ0v) is 16.9. The molecule has 1 fully saturated rings. The van der Waals surface area contributed by atoms with E-state index in [0.29, 0.717) is 6.42 Å². The molecule has 1 aliphatic heterocycles. The molecule has 27 heavy (non-hydrogen) atoms. The van der Waals surface area contributed by atoms with Crippen LogP contribution in [0.1, 0.15) is 11.3 Å². The van der Waals surface area contributed by atoms with Gasteiger partial charge in [0.15, 0.2) is 9.84 Å². The molecule has 1 aromatic carbocycles. The van der Waals surface area contributed by atoms with Crippen LogP contribution >= 0.6 is 22.7 Å². The standard InChI is InChI=1S/C19H18N2O3S3/c22-17(20-14-8-10-27(23,24)12-14)11-16-18(15-7-4-9-25-15)21-19(26-16)13-5-2-1-3-6-13/h1-7,9,14H,8,10-12H2,(H,20,22)/t14-/m1/s1. The van der Waals surface area contributed by atoms with Crippen molar-refractivity contribution < 1.29 is 13.2 Å². The topological polar surface area (TPSA) is 76.1 Å². The van der Waals surface area contributed by atoms with Crippen molar-refractivity contribution in [2.45, 2.75) is 18.9 Å². The molecule has 5 nitrogen and oxygen atoms in total. The number of carbonyl (C=O) groups is 1. The molecular weight excluding hydrogens is 400 g/mol. The van der Waals surface area contributed by atoms with Crippen molar-refractivity contribution in [1.82, 2.24) is 10.3 Å². The Labute approximate surface area is 166 Å². The molecule has 1 amide bonds. The van der Waals surface area contributed by atoms with Gasteiger partial charge in [0, 0.05) is 16.5 Å². The molecule has 8 heteroatoms. The number of nitrogens with zero attached hydrogens (tertiary/aromatic N) is 1. The number of thiazole rings is 1. The normalized spacial score (nSPS) is 18.4. The summed E-state index contributed by atoms with van der Waals surface area (Å²) in [5, 5.41) is 5.74. The molecule has 140 valence electrons. The maximum absolute atomic E-state index is 12.5. The highest BCUT2D eigenvalue weighted by Crippen LogP contribution is 2.36. The molecule has 3 heterocycles. The molecule has 1 saturated heterocycles. The summed E-state index contributed by atoms with van der Waals surface area (Å²) in [6.45, 7) is 0. The second kappa shape index (κ2) is 7.53. The number of thiophene rings is 1. The SMILES string of the molecule is O=C(Cc1sc(-c2ccccc2)nc1-c1cccs1)N[C@@H]1CCS(=O)(=O)C1. The number of amides is 1. The second-order valence-corrected chi connectivity index (χ2v) is 10.7. The molecule has 1 N–H and O–H groups in total. The summed E-state index contributed by atoms with van der Waals surface area (Å²) in [7, 11) is -3.01. The van der Waals surface area contributed by atoms with E-state index in [1.807, 2.05) is 47.8 Å². The lowest BCUT2D eigenvalue weighted by Crippen LogP contribution is -2.36. The van der Waals surface area contributed by atoms with Gasteiger partial charge in [0.1, 0.15) is 5.01 Å². The van der Waals surface area contributed by atoms with Crippen LogP contribution in [0.15, 0.2) is 47.8 Å². The zero-order valence-electron chi connectivity index (χ0n) is 14.4. The van der Waals surface area contributed by atoms with Crippen molar-refractivity contribution in [1.29, 1.82) is 0 Å². The Morgan fingerprint density at radius 1 is 1.19 bits per heavy atom. The number of nitrogens with one attached hydrogen (secondary N) is 1. The van der Waals surface area contributed by atoms with Gasteiger partial charge in [-0.25, -0.2) is 13.4 Å². The second-order valence-electron chi connectivity index (χ2n) is 6.48. The molecule has 3 aromatic rings. The third-order valence-corrected chi connectivity index (χ3v) is 8.14. The van der Waals surface area contributed by atoms with E-state index >= 15 is 0 Å². The molecule has 4 rings (SSSR count). The largest absolute Gasteiger partial charge is 0.352 e. The Morgan fingerprint density at radius 3 is 2.67 bits per heavy atom. The number of benzene rings is 1. The van der Waals surface area contributed by atoms with Crippen LogP contribution in [0.5, 0.6) is 0 Å². The Hall–Kier alpha value is -2.03. The van der Waals surface area contributed by atoms with Gasteiger partial charge in [0.2, 0.25) is 5.91 Å². The minimum absolute atomic E-state index is 0.0362. The molecule has 0 spiro atoms. The molecule has 0 unspecified atom stereocenters. The molecule has 2 aromatic heterocycles. The average Bonchev–Trinajstić information content (AvgIpc) is 3.36. The first-order valence-corrected chi connectivity index (χ1v) is 12.1. The van der Waals surface area contributed by atoms with Crippen molar-refractivity contribution in [3.05, 3.63) is 52.7 Å². The summed E-state index contributed by atoms with van der Waals surface area (Å²) in [6, 6.07) is 13.6. The van der Waals surface area contributed by atoms with Gasteiger partial charge in [0.25, 0.3) is 0 Å². The van der Waals surface area contributed by atoms with Gasteiger partial charge in [0.05, 0.1) is 28.5 Å². The molecule has 0 saturated carbocycles. The predicted octanol–water partition coefficient (Wildman–Crippen LogP) is 3.38. The molecule has 0 bridgehead atoms. The minimum atomic E-state index is -3.01. The van der Waals surface area contributed by atoms with E-state index < -0.39 is 9.84 Å². The lowest BCUT2D eigenvalue weighted by atomic mass is 10.2. The monoisotopic (exact) mass is 418 g/mol. The summed E-state index contributed by atoms with van der Waals surface area (Å²) < 4.78 is 23.2. The van der Waals surface area contributed by atoms with Gasteiger partial charge in [-0.15, -0.1) is 22.7 Å². The third kappa shape index (κ3) is 4.28. The fourth-order valence-corrected chi connectivity index (χ4v) is 6.67. The van der Waals surface area contributed by atoms with Crippen LogP contribution in [0, 0.1) is 0 Å². The van der Waals surface area contributed by atoms with Gasteiger partial charge in [-0.05, 0) is 17.9 Å². The molecular formula is C19H18N2O3S3. The fraction of sp³-hybridized carbons (Fsp3) is 0.263. The smallest absolute Gasteiger partial charge is 0.225 e. The first-order chi connectivity index (χ1) is 13.0. The average molecular weight is 419 g/mol. The van der Waals surface area contributed by atoms with Crippen molar-refractivity contribution >= 4 is 38.4 Å². The maximum atomic E-state index is 12.5. The van der Waals surface area contributed by atoms with Crippen molar-refractivity contribution in [2.75, 3.05) is 11.5 Å². The van der Waals surface area contributed by atoms with E-state index in [2.05, 4.69) is 5.32 Å². The highest BCUT2D eigenvalue weighted by molar-refractivity contribution is 7.91. The van der Waals surface area contributed by atoms with Crippen LogP contribution in [-0.4, -0.2) is 36.9 Å². The molecule has 0 aliphatic carbocycles. The van der Waals surface area contributed by atoms with Gasteiger partial charge in [-0.1, -0.05) is 36.4 Å². The number of hydrogen-bond donors (Lipinski definition) is 1. The molecule has 0 radical (unpaired) electrons. The summed E-state index contributed by atoms with van der Waals surface area (Å²) in [5.41, 5.74) is 1.86. The van der Waals surface area contributed by atoms with Gasteiger partial charge in [-0.3, -0.25) is 4.79 Å². The first-order valence-electron chi connectivity index (χ1n) is 8.59. The summed E-state index contributed by atoms with van der Waals surface area (Å²) in [5.74, 6) is 0.0316. The van der Waals surface area contributed by atoms with E-state index in [1.165, 1.54) is 11.3 Å². The van der Waals surface area contributed by atoms with Gasteiger partial charge in [-0.2, -0.15) is 0 Å². The lowest BCUT2D eigenvalue weighted by molar-refractivity contribution is -0.120. The number of hydrogen-bond acceptors (Lipinski definition) is 6. The van der Waals surface area contributed by atoms with Crippen LogP contribution in [0.3, 0.4) is 0 Å². The van der Waals surface area contributed by atoms with E-state index in [4.69, 9.17) is 4.98 Å². The number of carbonyl (C=O) groups excluding carboxylic acids is 1. The summed E-state index contributed by atoms with van der Waals surface area (Å²) >= 11 is 3.10. The van der Waals surface area contributed by atoms with Crippen LogP contribution in [0.2, 0.25) is 0 Å². The van der Waals surface area contributed by atoms with Gasteiger partial charge >= 0.3 is 0 Å². The quantitative estimate of drug-likeness (QED) is 0.689. The van der Waals surface area contributed by atoms with E-state index in [9.17, 15) is 13.2 Å². The van der Waals surface area contributed by atoms with Crippen LogP contribution in [-0.2, 0) is 21.1 Å². The minimum Gasteiger partial charge on any atom is -0.352 e. The summed E-state index contributed by atoms with van der Waals surface area (Å²) in [4.78, 5) is 19.2. The van der Waals surface area contributed by atoms with Crippen molar-refractivity contribution in [3.63, 3.8) is 0 Å². The highest BCUT2D eigenvalue weighted by Gasteiger charge is 2.29. The zero-order chi connectivity index (χ0) is 18.9. The van der Waals surface area contributed by atoms with E-state index in [-0.39, 0.29) is 29.9 Å². The lowest BCUT2D eigenvalue weighted by Gasteiger charge is -2.10. The Morgan fingerprint density at radius 2 is 2.00 bits per heavy atom. The number of rotatable bonds is 5. The third-order valence-electron chi connectivity index (χ3n) is 4.39. The molecule has 1 atom stereocenters. The van der Waals surface area contributed by atoms with E-state index in [0.717, 1.165) is 26.0 Å². The summed E-state index contributed by atoms with van der Waals surface area (Å²) in [6.07, 6.45) is 0.693. The first kappa shape index (κ1) is 18.3. The fourth-order valence-electron chi connectivity index (χ4n) is 3.11. The Bertz CT molecular complexity index is 1040.